The van der Waals surface area contributed by atoms with Crippen molar-refractivity contribution in [2.45, 2.75) is 19.6 Å². The lowest BCUT2D eigenvalue weighted by Crippen LogP contribution is -2.00. The lowest BCUT2D eigenvalue weighted by molar-refractivity contribution is 0.0600. The Balaban J connectivity index is 2.63. The van der Waals surface area contributed by atoms with Gasteiger partial charge in [0.1, 0.15) is 7.28 Å². The summed E-state index contributed by atoms with van der Waals surface area (Å²) in [4.78, 5) is 11.1. The van der Waals surface area contributed by atoms with E-state index in [2.05, 4.69) is 12.0 Å². The molecule has 0 aliphatic carbocycles. The van der Waals surface area contributed by atoms with E-state index in [1.807, 2.05) is 19.0 Å². The van der Waals surface area contributed by atoms with Gasteiger partial charge in [0.15, 0.2) is 0 Å². The molecular weight excluding hydrogens is 175 g/mol. The van der Waals surface area contributed by atoms with Crippen LogP contribution in [-0.4, -0.2) is 20.4 Å². The minimum atomic E-state index is -0.279. The van der Waals surface area contributed by atoms with Crippen LogP contribution in [0.25, 0.3) is 0 Å². The summed E-state index contributed by atoms with van der Waals surface area (Å²) in [7, 11) is 3.52. The molecule has 0 N–H and O–H groups in total. The number of carbonyl (C=O) groups excluding carboxylic acids is 1. The van der Waals surface area contributed by atoms with E-state index in [1.54, 1.807) is 12.1 Å². The van der Waals surface area contributed by atoms with E-state index >= 15 is 0 Å². The Morgan fingerprint density at radius 1 is 1.36 bits per heavy atom. The Kier molecular flexibility index (Phi) is 4.24. The highest BCUT2D eigenvalue weighted by Gasteiger charge is 2.03. The number of aryl methyl sites for hydroxylation is 1. The maximum atomic E-state index is 11.1. The van der Waals surface area contributed by atoms with Crippen molar-refractivity contribution in [2.75, 3.05) is 7.11 Å². The van der Waals surface area contributed by atoms with E-state index in [0.29, 0.717) is 5.56 Å². The summed E-state index contributed by atoms with van der Waals surface area (Å²) in [5.74, 6) is -0.279. The van der Waals surface area contributed by atoms with Crippen LogP contribution in [0.4, 0.5) is 0 Å². The molecule has 1 rings (SSSR count). The summed E-state index contributed by atoms with van der Waals surface area (Å²) in [5.41, 5.74) is 1.85. The van der Waals surface area contributed by atoms with Gasteiger partial charge >= 0.3 is 5.97 Å². The maximum Gasteiger partial charge on any atom is 0.337 e. The van der Waals surface area contributed by atoms with Gasteiger partial charge in [0.2, 0.25) is 0 Å². The van der Waals surface area contributed by atoms with Crippen molar-refractivity contribution in [3.8, 4) is 0 Å². The second-order valence-electron chi connectivity index (χ2n) is 3.14. The van der Waals surface area contributed by atoms with Crippen LogP contribution in [-0.2, 0) is 11.2 Å². The molecule has 1 aromatic carbocycles. The van der Waals surface area contributed by atoms with Crippen LogP contribution in [0.15, 0.2) is 24.3 Å². The fourth-order valence-corrected chi connectivity index (χ4v) is 1.24. The third kappa shape index (κ3) is 2.91. The minimum Gasteiger partial charge on any atom is -0.465 e. The van der Waals surface area contributed by atoms with Gasteiger partial charge in [-0.05, 0) is 24.1 Å². The molecule has 2 nitrogen and oxygen atoms in total. The molecule has 0 saturated carbocycles. The van der Waals surface area contributed by atoms with E-state index < -0.39 is 0 Å². The highest BCUT2D eigenvalue weighted by Crippen LogP contribution is 2.07. The fraction of sp³-hybridized carbons (Fsp3) is 0.364. The van der Waals surface area contributed by atoms with Gasteiger partial charge in [0.25, 0.3) is 0 Å². The lowest BCUT2D eigenvalue weighted by atomic mass is 9.76. The van der Waals surface area contributed by atoms with Gasteiger partial charge in [0, 0.05) is 0 Å². The van der Waals surface area contributed by atoms with Crippen molar-refractivity contribution in [3.05, 3.63) is 35.4 Å². The average Bonchev–Trinajstić information content (AvgIpc) is 2.26. The second-order valence-corrected chi connectivity index (χ2v) is 3.14. The molecule has 1 aromatic rings. The summed E-state index contributed by atoms with van der Waals surface area (Å²) in [5, 5.41) is 0. The second kappa shape index (κ2) is 5.48. The molecule has 0 aromatic heterocycles. The van der Waals surface area contributed by atoms with Crippen molar-refractivity contribution < 1.29 is 9.53 Å². The van der Waals surface area contributed by atoms with Gasteiger partial charge in [-0.2, -0.15) is 0 Å². The number of ether oxygens (including phenoxy) is 1. The molecule has 73 valence electrons. The lowest BCUT2D eigenvalue weighted by Gasteiger charge is -2.01. The summed E-state index contributed by atoms with van der Waals surface area (Å²) in [6.07, 6.45) is 2.09. The maximum absolute atomic E-state index is 11.1. The number of hydrogen-bond acceptors (Lipinski definition) is 2. The molecule has 0 saturated heterocycles. The average molecular weight is 189 g/mol. The number of rotatable bonds is 4. The van der Waals surface area contributed by atoms with Gasteiger partial charge in [-0.3, -0.25) is 0 Å². The first-order valence-electron chi connectivity index (χ1n) is 4.73. The molecule has 0 spiro atoms. The molecule has 3 heteroatoms. The van der Waals surface area contributed by atoms with Crippen molar-refractivity contribution in [3.63, 3.8) is 0 Å². The Hall–Kier alpha value is -1.25. The van der Waals surface area contributed by atoms with Gasteiger partial charge in [-0.25, -0.2) is 4.79 Å². The van der Waals surface area contributed by atoms with E-state index in [4.69, 9.17) is 0 Å². The molecular formula is C11H14BO2. The smallest absolute Gasteiger partial charge is 0.337 e. The van der Waals surface area contributed by atoms with Crippen molar-refractivity contribution >= 4 is 13.2 Å². The number of carbonyl (C=O) groups is 1. The summed E-state index contributed by atoms with van der Waals surface area (Å²) in [6, 6.07) is 7.54. The minimum absolute atomic E-state index is 0.279. The monoisotopic (exact) mass is 189 g/mol. The number of methoxy groups -OCH3 is 1. The van der Waals surface area contributed by atoms with Gasteiger partial charge in [0.05, 0.1) is 12.7 Å². The SMILES string of the molecule is C[B]CCc1ccc(C(=O)OC)cc1. The quantitative estimate of drug-likeness (QED) is 0.536. The van der Waals surface area contributed by atoms with Crippen LogP contribution in [0, 0.1) is 0 Å². The zero-order chi connectivity index (χ0) is 10.4. The normalized spacial score (nSPS) is 9.57. The first-order chi connectivity index (χ1) is 6.77. The molecule has 14 heavy (non-hydrogen) atoms. The summed E-state index contributed by atoms with van der Waals surface area (Å²) < 4.78 is 4.61. The molecule has 0 unspecified atom stereocenters. The predicted molar refractivity (Wildman–Crippen MR) is 57.9 cm³/mol. The number of hydrogen-bond donors (Lipinski definition) is 0. The molecule has 0 aliphatic heterocycles. The zero-order valence-electron chi connectivity index (χ0n) is 8.62. The first-order valence-corrected chi connectivity index (χ1v) is 4.73. The van der Waals surface area contributed by atoms with Crippen LogP contribution in [0.2, 0.25) is 13.1 Å². The number of benzene rings is 1. The summed E-state index contributed by atoms with van der Waals surface area (Å²) in [6.45, 7) is 2.04. The molecule has 1 radical (unpaired) electrons. The molecule has 0 bridgehead atoms. The molecule has 0 atom stereocenters. The summed E-state index contributed by atoms with van der Waals surface area (Å²) >= 11 is 0. The van der Waals surface area contributed by atoms with Gasteiger partial charge in [-0.1, -0.05) is 25.3 Å². The fourth-order valence-electron chi connectivity index (χ4n) is 1.24. The zero-order valence-corrected chi connectivity index (χ0v) is 8.62. The van der Waals surface area contributed by atoms with Gasteiger partial charge in [-0.15, -0.1) is 0 Å². The van der Waals surface area contributed by atoms with Crippen LogP contribution < -0.4 is 0 Å². The number of esters is 1. The van der Waals surface area contributed by atoms with Crippen LogP contribution in [0.5, 0.6) is 0 Å². The Morgan fingerprint density at radius 3 is 2.50 bits per heavy atom. The van der Waals surface area contributed by atoms with Crippen LogP contribution in [0.3, 0.4) is 0 Å². The third-order valence-corrected chi connectivity index (χ3v) is 2.10. The molecule has 0 fully saturated rings. The Bertz CT molecular complexity index is 293. The van der Waals surface area contributed by atoms with Gasteiger partial charge < -0.3 is 4.74 Å². The van der Waals surface area contributed by atoms with Crippen molar-refractivity contribution in [2.24, 2.45) is 0 Å². The van der Waals surface area contributed by atoms with Crippen LogP contribution in [0.1, 0.15) is 15.9 Å². The van der Waals surface area contributed by atoms with E-state index in [1.165, 1.54) is 12.7 Å². The van der Waals surface area contributed by atoms with Crippen LogP contribution >= 0.6 is 0 Å². The predicted octanol–water partition coefficient (Wildman–Crippen LogP) is 2.19. The molecule has 0 amide bonds. The van der Waals surface area contributed by atoms with E-state index in [-0.39, 0.29) is 5.97 Å². The molecule has 0 heterocycles. The Labute approximate surface area is 85.5 Å². The third-order valence-electron chi connectivity index (χ3n) is 2.10. The van der Waals surface area contributed by atoms with Crippen molar-refractivity contribution in [1.82, 2.24) is 0 Å². The first kappa shape index (κ1) is 10.8. The van der Waals surface area contributed by atoms with E-state index in [0.717, 1.165) is 12.7 Å². The topological polar surface area (TPSA) is 26.3 Å². The largest absolute Gasteiger partial charge is 0.465 e. The Morgan fingerprint density at radius 2 is 2.00 bits per heavy atom. The highest BCUT2D eigenvalue weighted by molar-refractivity contribution is 6.33. The van der Waals surface area contributed by atoms with Crippen molar-refractivity contribution in [1.29, 1.82) is 0 Å². The highest BCUT2D eigenvalue weighted by atomic mass is 16.5. The van der Waals surface area contributed by atoms with E-state index in [9.17, 15) is 4.79 Å². The standard InChI is InChI=1S/C11H14BO2/c1-12-8-7-9-3-5-10(6-4-9)11(13)14-2/h3-6H,7-8H2,1-2H3. The molecule has 0 aliphatic rings.